The lowest BCUT2D eigenvalue weighted by Crippen LogP contribution is -2.31. The number of rotatable bonds is 6. The Balaban J connectivity index is 1.64. The lowest BCUT2D eigenvalue weighted by molar-refractivity contribution is -0.128. The predicted octanol–water partition coefficient (Wildman–Crippen LogP) is 3.28. The third kappa shape index (κ3) is 4.31. The zero-order chi connectivity index (χ0) is 19.4. The van der Waals surface area contributed by atoms with E-state index >= 15 is 0 Å². The molecule has 0 saturated carbocycles. The fraction of sp³-hybridized carbons (Fsp3) is 0.250. The van der Waals surface area contributed by atoms with Gasteiger partial charge in [-0.3, -0.25) is 4.79 Å². The van der Waals surface area contributed by atoms with Crippen LogP contribution in [0.2, 0.25) is 0 Å². The zero-order valence-electron chi connectivity index (χ0n) is 15.7. The van der Waals surface area contributed by atoms with E-state index in [2.05, 4.69) is 10.2 Å². The van der Waals surface area contributed by atoms with Crippen LogP contribution in [0.25, 0.3) is 11.4 Å². The highest BCUT2D eigenvalue weighted by Gasteiger charge is 2.19. The number of amides is 1. The zero-order valence-corrected chi connectivity index (χ0v) is 16.5. The second kappa shape index (κ2) is 8.26. The summed E-state index contributed by atoms with van der Waals surface area (Å²) in [4.78, 5) is 14.3. The first kappa shape index (κ1) is 19.0. The van der Waals surface area contributed by atoms with E-state index in [4.69, 9.17) is 5.84 Å². The molecule has 0 aliphatic heterocycles. The number of aromatic nitrogens is 3. The van der Waals surface area contributed by atoms with Crippen molar-refractivity contribution in [1.29, 1.82) is 0 Å². The summed E-state index contributed by atoms with van der Waals surface area (Å²) in [5, 5.41) is 8.81. The molecule has 0 fully saturated rings. The van der Waals surface area contributed by atoms with Crippen LogP contribution in [0.1, 0.15) is 24.1 Å². The number of carbonyl (C=O) groups is 1. The SMILES string of the molecule is Cc1ccc(-c2nnc(SCC(=O)N(C)C(C)c3ccccc3)n2N)cc1. The van der Waals surface area contributed by atoms with Gasteiger partial charge in [0.15, 0.2) is 5.82 Å². The molecule has 2 aromatic carbocycles. The van der Waals surface area contributed by atoms with E-state index in [0.29, 0.717) is 11.0 Å². The molecule has 3 aromatic rings. The van der Waals surface area contributed by atoms with Gasteiger partial charge in [0, 0.05) is 12.6 Å². The van der Waals surface area contributed by atoms with Crippen LogP contribution in [0.4, 0.5) is 0 Å². The summed E-state index contributed by atoms with van der Waals surface area (Å²) in [5.41, 5.74) is 3.16. The van der Waals surface area contributed by atoms with Gasteiger partial charge in [0.1, 0.15) is 0 Å². The number of nitrogens with zero attached hydrogens (tertiary/aromatic N) is 4. The number of benzene rings is 2. The first-order chi connectivity index (χ1) is 13.0. The molecule has 0 spiro atoms. The Bertz CT molecular complexity index is 908. The first-order valence-corrected chi connectivity index (χ1v) is 9.67. The molecule has 1 amide bonds. The highest BCUT2D eigenvalue weighted by molar-refractivity contribution is 7.99. The van der Waals surface area contributed by atoms with Gasteiger partial charge >= 0.3 is 0 Å². The van der Waals surface area contributed by atoms with Crippen LogP contribution in [0, 0.1) is 6.92 Å². The number of thioether (sulfide) groups is 1. The topological polar surface area (TPSA) is 77.0 Å². The molecular formula is C20H23N5OS. The van der Waals surface area contributed by atoms with Crippen LogP contribution in [-0.4, -0.2) is 38.5 Å². The molecular weight excluding hydrogens is 358 g/mol. The van der Waals surface area contributed by atoms with Crippen molar-refractivity contribution in [3.63, 3.8) is 0 Å². The number of hydrogen-bond acceptors (Lipinski definition) is 5. The summed E-state index contributed by atoms with van der Waals surface area (Å²) in [6.45, 7) is 4.04. The fourth-order valence-electron chi connectivity index (χ4n) is 2.67. The molecule has 3 rings (SSSR count). The summed E-state index contributed by atoms with van der Waals surface area (Å²) in [6, 6.07) is 17.9. The predicted molar refractivity (Wildman–Crippen MR) is 109 cm³/mol. The first-order valence-electron chi connectivity index (χ1n) is 8.68. The molecule has 0 radical (unpaired) electrons. The molecule has 0 bridgehead atoms. The minimum atomic E-state index is -0.00170. The number of hydrogen-bond donors (Lipinski definition) is 1. The van der Waals surface area contributed by atoms with Crippen molar-refractivity contribution in [1.82, 2.24) is 19.8 Å². The Labute approximate surface area is 163 Å². The molecule has 0 aliphatic carbocycles. The lowest BCUT2D eigenvalue weighted by Gasteiger charge is -2.25. The van der Waals surface area contributed by atoms with Gasteiger partial charge < -0.3 is 10.7 Å². The van der Waals surface area contributed by atoms with Gasteiger partial charge in [-0.1, -0.05) is 71.9 Å². The van der Waals surface area contributed by atoms with E-state index < -0.39 is 0 Å². The quantitative estimate of drug-likeness (QED) is 0.524. The Morgan fingerprint density at radius 1 is 1.15 bits per heavy atom. The van der Waals surface area contributed by atoms with Crippen molar-refractivity contribution >= 4 is 17.7 Å². The van der Waals surface area contributed by atoms with Crippen molar-refractivity contribution in [2.24, 2.45) is 0 Å². The number of carbonyl (C=O) groups excluding carboxylic acids is 1. The highest BCUT2D eigenvalue weighted by Crippen LogP contribution is 2.24. The van der Waals surface area contributed by atoms with Gasteiger partial charge in [-0.05, 0) is 19.4 Å². The maximum atomic E-state index is 12.6. The second-order valence-electron chi connectivity index (χ2n) is 6.42. The lowest BCUT2D eigenvalue weighted by atomic mass is 10.1. The van der Waals surface area contributed by atoms with Crippen LogP contribution in [-0.2, 0) is 4.79 Å². The third-order valence-corrected chi connectivity index (χ3v) is 5.48. The largest absolute Gasteiger partial charge is 0.338 e. The maximum Gasteiger partial charge on any atom is 0.233 e. The molecule has 2 N–H and O–H groups in total. The van der Waals surface area contributed by atoms with E-state index in [-0.39, 0.29) is 17.7 Å². The molecule has 1 heterocycles. The summed E-state index contributed by atoms with van der Waals surface area (Å²) in [5.74, 6) is 6.97. The average molecular weight is 382 g/mol. The fourth-order valence-corrected chi connectivity index (χ4v) is 3.45. The summed E-state index contributed by atoms with van der Waals surface area (Å²) in [6.07, 6.45) is 0. The van der Waals surface area contributed by atoms with E-state index in [9.17, 15) is 4.79 Å². The van der Waals surface area contributed by atoms with Crippen molar-refractivity contribution in [2.45, 2.75) is 25.0 Å². The smallest absolute Gasteiger partial charge is 0.233 e. The van der Waals surface area contributed by atoms with E-state index in [1.807, 2.05) is 75.5 Å². The Morgan fingerprint density at radius 3 is 2.48 bits per heavy atom. The van der Waals surface area contributed by atoms with Gasteiger partial charge in [0.05, 0.1) is 11.8 Å². The van der Waals surface area contributed by atoms with Crippen LogP contribution in [0.5, 0.6) is 0 Å². The normalized spacial score (nSPS) is 12.0. The van der Waals surface area contributed by atoms with Gasteiger partial charge in [-0.15, -0.1) is 10.2 Å². The van der Waals surface area contributed by atoms with Crippen molar-refractivity contribution in [3.05, 3.63) is 65.7 Å². The molecule has 0 saturated heterocycles. The molecule has 7 heteroatoms. The third-order valence-electron chi connectivity index (χ3n) is 4.56. The van der Waals surface area contributed by atoms with E-state index in [0.717, 1.165) is 16.7 Å². The van der Waals surface area contributed by atoms with E-state index in [1.165, 1.54) is 16.4 Å². The maximum absolute atomic E-state index is 12.6. The number of nitrogen functional groups attached to an aromatic ring is 1. The molecule has 1 aromatic heterocycles. The minimum Gasteiger partial charge on any atom is -0.338 e. The Kier molecular flexibility index (Phi) is 5.81. The second-order valence-corrected chi connectivity index (χ2v) is 7.36. The van der Waals surface area contributed by atoms with Crippen LogP contribution >= 0.6 is 11.8 Å². The van der Waals surface area contributed by atoms with Gasteiger partial charge in [-0.2, -0.15) is 0 Å². The van der Waals surface area contributed by atoms with Gasteiger partial charge in [0.2, 0.25) is 11.1 Å². The molecule has 140 valence electrons. The monoisotopic (exact) mass is 381 g/mol. The molecule has 0 aliphatic rings. The average Bonchev–Trinajstić information content (AvgIpc) is 3.06. The summed E-state index contributed by atoms with van der Waals surface area (Å²) < 4.78 is 1.43. The number of nitrogens with two attached hydrogens (primary N) is 1. The Hall–Kier alpha value is -2.80. The number of aryl methyl sites for hydroxylation is 1. The minimum absolute atomic E-state index is 0.00170. The summed E-state index contributed by atoms with van der Waals surface area (Å²) in [7, 11) is 1.81. The molecule has 27 heavy (non-hydrogen) atoms. The van der Waals surface area contributed by atoms with Crippen molar-refractivity contribution < 1.29 is 4.79 Å². The van der Waals surface area contributed by atoms with Crippen LogP contribution in [0.15, 0.2) is 59.8 Å². The van der Waals surface area contributed by atoms with Crippen molar-refractivity contribution in [3.8, 4) is 11.4 Å². The molecule has 6 nitrogen and oxygen atoms in total. The molecule has 1 atom stereocenters. The standard InChI is InChI=1S/C20H23N5OS/c1-14-9-11-17(12-10-14)19-22-23-20(25(19)21)27-13-18(26)24(3)15(2)16-7-5-4-6-8-16/h4-12,15H,13,21H2,1-3H3. The molecule has 1 unspecified atom stereocenters. The van der Waals surface area contributed by atoms with Crippen LogP contribution in [0.3, 0.4) is 0 Å². The van der Waals surface area contributed by atoms with Crippen LogP contribution < -0.4 is 5.84 Å². The Morgan fingerprint density at radius 2 is 1.81 bits per heavy atom. The summed E-state index contributed by atoms with van der Waals surface area (Å²) >= 11 is 1.29. The van der Waals surface area contributed by atoms with Gasteiger partial charge in [-0.25, -0.2) is 4.68 Å². The van der Waals surface area contributed by atoms with E-state index in [1.54, 1.807) is 4.90 Å². The van der Waals surface area contributed by atoms with Gasteiger partial charge in [0.25, 0.3) is 0 Å². The van der Waals surface area contributed by atoms with Crippen molar-refractivity contribution in [2.75, 3.05) is 18.6 Å². The highest BCUT2D eigenvalue weighted by atomic mass is 32.2.